The molecule has 2 aromatic rings. The number of nitrogens with zero attached hydrogens (tertiary/aromatic N) is 3. The Bertz CT molecular complexity index is 547. The molecule has 0 radical (unpaired) electrons. The molecule has 0 amide bonds. The summed E-state index contributed by atoms with van der Waals surface area (Å²) in [5.41, 5.74) is 8.09. The molecule has 5 nitrogen and oxygen atoms in total. The average molecular weight is 278 g/mol. The second-order valence-corrected chi connectivity index (χ2v) is 11.5. The lowest BCUT2D eigenvalue weighted by Gasteiger charge is -2.15. The molecule has 0 unspecified atom stereocenters. The standard InChI is InChI=1S/C13H22N4OSi/c1-19(2,3)7-6-18-10-17-5-4-12-13(17)15-9-11(8-14)16-12/h4-5,9H,6-8,10,14H2,1-3H3. The SMILES string of the molecule is C[Si](C)(C)CCOCn1ccc2nc(CN)cnc21. The first-order valence-corrected chi connectivity index (χ1v) is 10.3. The van der Waals surface area contributed by atoms with Gasteiger partial charge in [-0.2, -0.15) is 0 Å². The van der Waals surface area contributed by atoms with E-state index in [1.807, 2.05) is 16.8 Å². The summed E-state index contributed by atoms with van der Waals surface area (Å²) in [7, 11) is -1.02. The molecule has 0 spiro atoms. The first kappa shape index (κ1) is 14.2. The van der Waals surface area contributed by atoms with Crippen LogP contribution in [0.4, 0.5) is 0 Å². The second-order valence-electron chi connectivity index (χ2n) is 5.91. The minimum Gasteiger partial charge on any atom is -0.361 e. The molecule has 19 heavy (non-hydrogen) atoms. The van der Waals surface area contributed by atoms with Gasteiger partial charge in [-0.1, -0.05) is 19.6 Å². The van der Waals surface area contributed by atoms with Gasteiger partial charge in [0.05, 0.1) is 11.9 Å². The minimum absolute atomic E-state index is 0.417. The molecular weight excluding hydrogens is 256 g/mol. The summed E-state index contributed by atoms with van der Waals surface area (Å²) in [6, 6.07) is 3.12. The first-order valence-electron chi connectivity index (χ1n) is 6.58. The van der Waals surface area contributed by atoms with Crippen LogP contribution >= 0.6 is 0 Å². The Kier molecular flexibility index (Phi) is 4.33. The van der Waals surface area contributed by atoms with Crippen LogP contribution in [0, 0.1) is 0 Å². The molecule has 2 rings (SSSR count). The first-order chi connectivity index (χ1) is 8.99. The number of nitrogens with two attached hydrogens (primary N) is 1. The van der Waals surface area contributed by atoms with Gasteiger partial charge in [-0.15, -0.1) is 0 Å². The third kappa shape index (κ3) is 3.86. The number of hydrogen-bond acceptors (Lipinski definition) is 4. The third-order valence-corrected chi connectivity index (χ3v) is 4.65. The fraction of sp³-hybridized carbons (Fsp3) is 0.538. The van der Waals surface area contributed by atoms with Crippen LogP contribution in [0.25, 0.3) is 11.2 Å². The van der Waals surface area contributed by atoms with Gasteiger partial charge in [0, 0.05) is 27.4 Å². The second kappa shape index (κ2) is 5.81. The summed E-state index contributed by atoms with van der Waals surface area (Å²) in [5.74, 6) is 0. The van der Waals surface area contributed by atoms with Crippen LogP contribution in [0.2, 0.25) is 25.7 Å². The van der Waals surface area contributed by atoms with E-state index >= 15 is 0 Å². The molecule has 2 N–H and O–H groups in total. The van der Waals surface area contributed by atoms with E-state index in [4.69, 9.17) is 10.5 Å². The zero-order valence-corrected chi connectivity index (χ0v) is 12.9. The maximum Gasteiger partial charge on any atom is 0.160 e. The predicted molar refractivity (Wildman–Crippen MR) is 79.5 cm³/mol. The minimum atomic E-state index is -1.02. The fourth-order valence-electron chi connectivity index (χ4n) is 1.74. The monoisotopic (exact) mass is 278 g/mol. The highest BCUT2D eigenvalue weighted by molar-refractivity contribution is 6.76. The van der Waals surface area contributed by atoms with Crippen molar-refractivity contribution in [2.24, 2.45) is 5.73 Å². The van der Waals surface area contributed by atoms with Crippen molar-refractivity contribution in [2.45, 2.75) is 39.0 Å². The highest BCUT2D eigenvalue weighted by atomic mass is 28.3. The van der Waals surface area contributed by atoms with E-state index in [1.165, 1.54) is 6.04 Å². The molecule has 0 aromatic carbocycles. The lowest BCUT2D eigenvalue weighted by atomic mass is 10.4. The highest BCUT2D eigenvalue weighted by Gasteiger charge is 2.12. The van der Waals surface area contributed by atoms with Gasteiger partial charge in [0.15, 0.2) is 5.65 Å². The molecule has 0 fully saturated rings. The van der Waals surface area contributed by atoms with Gasteiger partial charge in [-0.25, -0.2) is 9.97 Å². The van der Waals surface area contributed by atoms with E-state index in [2.05, 4.69) is 29.6 Å². The maximum atomic E-state index is 5.72. The molecule has 2 aromatic heterocycles. The van der Waals surface area contributed by atoms with E-state index in [0.29, 0.717) is 13.3 Å². The molecule has 6 heteroatoms. The maximum absolute atomic E-state index is 5.72. The molecular formula is C13H22N4OSi. The Morgan fingerprint density at radius 1 is 1.37 bits per heavy atom. The number of ether oxygens (including phenoxy) is 1. The van der Waals surface area contributed by atoms with E-state index in [1.54, 1.807) is 6.20 Å². The van der Waals surface area contributed by atoms with Gasteiger partial charge in [0.25, 0.3) is 0 Å². The molecule has 0 aliphatic carbocycles. The summed E-state index contributed by atoms with van der Waals surface area (Å²) in [6.07, 6.45) is 3.68. The number of rotatable bonds is 6. The van der Waals surface area contributed by atoms with Crippen molar-refractivity contribution < 1.29 is 4.74 Å². The van der Waals surface area contributed by atoms with Crippen molar-refractivity contribution in [3.8, 4) is 0 Å². The van der Waals surface area contributed by atoms with Crippen LogP contribution in [0.15, 0.2) is 18.5 Å². The summed E-state index contributed by atoms with van der Waals surface area (Å²) in [4.78, 5) is 8.81. The molecule has 0 saturated carbocycles. The van der Waals surface area contributed by atoms with Crippen LogP contribution in [-0.4, -0.2) is 29.2 Å². The van der Waals surface area contributed by atoms with Crippen molar-refractivity contribution in [2.75, 3.05) is 6.61 Å². The normalized spacial score (nSPS) is 12.2. The molecule has 0 saturated heterocycles. The fourth-order valence-corrected chi connectivity index (χ4v) is 2.50. The van der Waals surface area contributed by atoms with Gasteiger partial charge >= 0.3 is 0 Å². The predicted octanol–water partition coefficient (Wildman–Crippen LogP) is 2.20. The van der Waals surface area contributed by atoms with Gasteiger partial charge in [0.2, 0.25) is 0 Å². The summed E-state index contributed by atoms with van der Waals surface area (Å²) >= 11 is 0. The Balaban J connectivity index is 1.98. The van der Waals surface area contributed by atoms with E-state index in [9.17, 15) is 0 Å². The molecule has 0 bridgehead atoms. The zero-order valence-electron chi connectivity index (χ0n) is 11.9. The van der Waals surface area contributed by atoms with E-state index in [0.717, 1.165) is 23.5 Å². The smallest absolute Gasteiger partial charge is 0.160 e. The molecule has 0 aliphatic heterocycles. The number of aromatic nitrogens is 3. The van der Waals surface area contributed by atoms with E-state index < -0.39 is 8.07 Å². The quantitative estimate of drug-likeness (QED) is 0.650. The van der Waals surface area contributed by atoms with Gasteiger partial charge in [-0.05, 0) is 12.1 Å². The van der Waals surface area contributed by atoms with Crippen molar-refractivity contribution in [1.29, 1.82) is 0 Å². The topological polar surface area (TPSA) is 66.0 Å². The summed E-state index contributed by atoms with van der Waals surface area (Å²) < 4.78 is 7.70. The van der Waals surface area contributed by atoms with Gasteiger partial charge < -0.3 is 15.0 Å². The Morgan fingerprint density at radius 3 is 2.84 bits per heavy atom. The van der Waals surface area contributed by atoms with Crippen LogP contribution in [-0.2, 0) is 18.0 Å². The van der Waals surface area contributed by atoms with Gasteiger partial charge in [0.1, 0.15) is 12.2 Å². The van der Waals surface area contributed by atoms with Crippen LogP contribution in [0.5, 0.6) is 0 Å². The number of hydrogen-bond donors (Lipinski definition) is 1. The van der Waals surface area contributed by atoms with E-state index in [-0.39, 0.29) is 0 Å². The van der Waals surface area contributed by atoms with Crippen LogP contribution in [0.1, 0.15) is 5.69 Å². The van der Waals surface area contributed by atoms with Crippen molar-refractivity contribution in [3.63, 3.8) is 0 Å². The number of fused-ring (bicyclic) bond motifs is 1. The Hall–Kier alpha value is -1.24. The molecule has 0 atom stereocenters. The average Bonchev–Trinajstić information content (AvgIpc) is 2.75. The van der Waals surface area contributed by atoms with Gasteiger partial charge in [-0.3, -0.25) is 0 Å². The van der Waals surface area contributed by atoms with Crippen LogP contribution in [0.3, 0.4) is 0 Å². The van der Waals surface area contributed by atoms with Crippen molar-refractivity contribution in [1.82, 2.24) is 14.5 Å². The van der Waals surface area contributed by atoms with Crippen LogP contribution < -0.4 is 5.73 Å². The van der Waals surface area contributed by atoms with Crippen molar-refractivity contribution >= 4 is 19.2 Å². The summed E-state index contributed by atoms with van der Waals surface area (Å²) in [6.45, 7) is 8.80. The zero-order chi connectivity index (χ0) is 13.9. The highest BCUT2D eigenvalue weighted by Crippen LogP contribution is 2.12. The third-order valence-electron chi connectivity index (χ3n) is 2.95. The summed E-state index contributed by atoms with van der Waals surface area (Å²) in [5, 5.41) is 0. The van der Waals surface area contributed by atoms with Crippen molar-refractivity contribution in [3.05, 3.63) is 24.2 Å². The molecule has 0 aliphatic rings. The largest absolute Gasteiger partial charge is 0.361 e. The Labute approximate surface area is 114 Å². The Morgan fingerprint density at radius 2 is 2.16 bits per heavy atom. The lowest BCUT2D eigenvalue weighted by Crippen LogP contribution is -2.22. The molecule has 2 heterocycles. The lowest BCUT2D eigenvalue weighted by molar-refractivity contribution is 0.0899. The molecule has 104 valence electrons.